The van der Waals surface area contributed by atoms with Crippen LogP contribution in [0.4, 0.5) is 9.52 Å². The van der Waals surface area contributed by atoms with Gasteiger partial charge in [-0.05, 0) is 55.5 Å². The molecule has 1 amide bonds. The second-order valence-corrected chi connectivity index (χ2v) is 9.19. The molecule has 0 aliphatic carbocycles. The van der Waals surface area contributed by atoms with Gasteiger partial charge in [0.15, 0.2) is 5.13 Å². The smallest absolute Gasteiger partial charge is 0.257 e. The Bertz CT molecular complexity index is 1200. The van der Waals surface area contributed by atoms with Crippen molar-refractivity contribution in [3.8, 4) is 17.3 Å². The van der Waals surface area contributed by atoms with Crippen LogP contribution in [0.2, 0.25) is 0 Å². The van der Waals surface area contributed by atoms with Crippen molar-refractivity contribution in [3.63, 3.8) is 0 Å². The number of aromatic nitrogens is 1. The van der Waals surface area contributed by atoms with E-state index in [0.29, 0.717) is 10.8 Å². The number of aryl methyl sites for hydroxylation is 1. The molecule has 0 aliphatic heterocycles. The molecular formula is C20H17FN4O3S2. The topological polar surface area (TPSA) is 112 Å². The number of hydrogen-bond acceptors (Lipinski definition) is 6. The van der Waals surface area contributed by atoms with Gasteiger partial charge in [0.2, 0.25) is 10.0 Å². The summed E-state index contributed by atoms with van der Waals surface area (Å²) in [4.78, 5) is 17.8. The molecule has 0 saturated heterocycles. The van der Waals surface area contributed by atoms with Gasteiger partial charge in [-0.2, -0.15) is 5.26 Å². The molecule has 0 atom stereocenters. The maximum absolute atomic E-state index is 13.1. The van der Waals surface area contributed by atoms with E-state index in [4.69, 9.17) is 5.26 Å². The van der Waals surface area contributed by atoms with E-state index in [1.165, 1.54) is 47.7 Å². The first-order chi connectivity index (χ1) is 14.3. The van der Waals surface area contributed by atoms with E-state index >= 15 is 0 Å². The first kappa shape index (κ1) is 21.6. The third kappa shape index (κ3) is 5.07. The summed E-state index contributed by atoms with van der Waals surface area (Å²) in [6, 6.07) is 13.2. The number of benzene rings is 2. The number of nitrogens with one attached hydrogen (secondary N) is 2. The zero-order valence-corrected chi connectivity index (χ0v) is 17.5. The number of nitrogens with zero attached hydrogens (tertiary/aromatic N) is 2. The number of sulfonamides is 1. The molecule has 0 radical (unpaired) electrons. The number of halogens is 1. The van der Waals surface area contributed by atoms with Gasteiger partial charge in [-0.15, -0.1) is 11.3 Å². The quantitative estimate of drug-likeness (QED) is 0.540. The Balaban J connectivity index is 1.71. The van der Waals surface area contributed by atoms with Crippen molar-refractivity contribution in [1.82, 2.24) is 9.71 Å². The minimum atomic E-state index is -3.74. The van der Waals surface area contributed by atoms with Crippen molar-refractivity contribution in [2.75, 3.05) is 11.9 Å². The highest BCUT2D eigenvalue weighted by atomic mass is 32.2. The van der Waals surface area contributed by atoms with E-state index in [0.717, 1.165) is 10.4 Å². The molecule has 0 saturated carbocycles. The Labute approximate surface area is 177 Å². The summed E-state index contributed by atoms with van der Waals surface area (Å²) in [5.74, 6) is -0.776. The Morgan fingerprint density at radius 3 is 2.47 bits per heavy atom. The fourth-order valence-electron chi connectivity index (χ4n) is 2.60. The van der Waals surface area contributed by atoms with Gasteiger partial charge in [-0.25, -0.2) is 22.5 Å². The van der Waals surface area contributed by atoms with Gasteiger partial charge in [-0.1, -0.05) is 0 Å². The van der Waals surface area contributed by atoms with E-state index in [1.54, 1.807) is 12.1 Å². The molecule has 0 aliphatic rings. The first-order valence-corrected chi connectivity index (χ1v) is 11.1. The fraction of sp³-hybridized carbons (Fsp3) is 0.150. The lowest BCUT2D eigenvalue weighted by Gasteiger charge is -2.06. The van der Waals surface area contributed by atoms with Gasteiger partial charge in [-0.3, -0.25) is 10.1 Å². The molecule has 0 bridgehead atoms. The van der Waals surface area contributed by atoms with Crippen LogP contribution in [-0.2, 0) is 10.0 Å². The normalized spacial score (nSPS) is 11.1. The number of rotatable bonds is 7. The summed E-state index contributed by atoms with van der Waals surface area (Å²) in [6.07, 6.45) is 0.0624. The lowest BCUT2D eigenvalue weighted by molar-refractivity contribution is 0.102. The zero-order chi connectivity index (χ0) is 21.7. The Morgan fingerprint density at radius 1 is 1.17 bits per heavy atom. The third-order valence-corrected chi connectivity index (χ3v) is 6.45. The van der Waals surface area contributed by atoms with Crippen molar-refractivity contribution >= 4 is 32.4 Å². The molecule has 0 fully saturated rings. The molecule has 154 valence electrons. The van der Waals surface area contributed by atoms with Crippen LogP contribution in [-0.4, -0.2) is 25.9 Å². The van der Waals surface area contributed by atoms with Crippen LogP contribution in [0.15, 0.2) is 53.4 Å². The highest BCUT2D eigenvalue weighted by Gasteiger charge is 2.16. The molecule has 2 N–H and O–H groups in total. The Morgan fingerprint density at radius 2 is 1.83 bits per heavy atom. The van der Waals surface area contributed by atoms with Gasteiger partial charge in [0.1, 0.15) is 5.82 Å². The SMILES string of the molecule is Cc1sc(NC(=O)c2ccc(S(=O)(=O)NCCC#N)cc2)nc1-c1ccc(F)cc1. The number of anilines is 1. The summed E-state index contributed by atoms with van der Waals surface area (Å²) >= 11 is 1.29. The van der Waals surface area contributed by atoms with Gasteiger partial charge >= 0.3 is 0 Å². The van der Waals surface area contributed by atoms with Gasteiger partial charge in [0.05, 0.1) is 16.7 Å². The standard InChI is InChI=1S/C20H17FN4O3S2/c1-13-18(14-3-7-16(21)8-4-14)24-20(29-13)25-19(26)15-5-9-17(10-6-15)30(27,28)23-12-2-11-22/h3-10,23H,2,12H2,1H3,(H,24,25,26). The Kier molecular flexibility index (Phi) is 6.56. The molecule has 10 heteroatoms. The number of carbonyl (C=O) groups excluding carboxylic acids is 1. The summed E-state index contributed by atoms with van der Waals surface area (Å²) in [5.41, 5.74) is 1.66. The number of amides is 1. The van der Waals surface area contributed by atoms with Gasteiger partial charge in [0, 0.05) is 29.0 Å². The van der Waals surface area contributed by atoms with E-state index in [9.17, 15) is 17.6 Å². The minimum absolute atomic E-state index is 0.000629. The molecule has 3 rings (SSSR count). The summed E-state index contributed by atoms with van der Waals surface area (Å²) in [6.45, 7) is 1.87. The summed E-state index contributed by atoms with van der Waals surface area (Å²) < 4.78 is 39.7. The fourth-order valence-corrected chi connectivity index (χ4v) is 4.47. The first-order valence-electron chi connectivity index (χ1n) is 8.81. The van der Waals surface area contributed by atoms with E-state index in [1.807, 2.05) is 13.0 Å². The van der Waals surface area contributed by atoms with Crippen LogP contribution in [0.25, 0.3) is 11.3 Å². The van der Waals surface area contributed by atoms with Crippen molar-refractivity contribution in [2.45, 2.75) is 18.2 Å². The van der Waals surface area contributed by atoms with Crippen LogP contribution in [0.5, 0.6) is 0 Å². The van der Waals surface area contributed by atoms with Crippen molar-refractivity contribution < 1.29 is 17.6 Å². The number of nitriles is 1. The maximum Gasteiger partial charge on any atom is 0.257 e. The lowest BCUT2D eigenvalue weighted by atomic mass is 10.1. The molecule has 2 aromatic carbocycles. The molecule has 0 spiro atoms. The second kappa shape index (κ2) is 9.13. The highest BCUT2D eigenvalue weighted by Crippen LogP contribution is 2.30. The highest BCUT2D eigenvalue weighted by molar-refractivity contribution is 7.89. The van der Waals surface area contributed by atoms with Gasteiger partial charge in [0.25, 0.3) is 5.91 Å². The largest absolute Gasteiger partial charge is 0.298 e. The average molecular weight is 445 g/mol. The third-order valence-electron chi connectivity index (χ3n) is 4.09. The minimum Gasteiger partial charge on any atom is -0.298 e. The summed E-state index contributed by atoms with van der Waals surface area (Å²) in [5, 5.41) is 11.6. The van der Waals surface area contributed by atoms with Crippen LogP contribution in [0.1, 0.15) is 21.7 Å². The van der Waals surface area contributed by atoms with E-state index in [2.05, 4.69) is 15.0 Å². The number of carbonyl (C=O) groups is 1. The van der Waals surface area contributed by atoms with Crippen LogP contribution >= 0.6 is 11.3 Å². The second-order valence-electron chi connectivity index (χ2n) is 6.22. The molecule has 1 heterocycles. The Hall–Kier alpha value is -3.13. The molecule has 3 aromatic rings. The van der Waals surface area contributed by atoms with Crippen LogP contribution in [0, 0.1) is 24.1 Å². The predicted molar refractivity (Wildman–Crippen MR) is 112 cm³/mol. The van der Waals surface area contributed by atoms with Crippen molar-refractivity contribution in [3.05, 3.63) is 64.8 Å². The molecule has 30 heavy (non-hydrogen) atoms. The van der Waals surface area contributed by atoms with E-state index in [-0.39, 0.29) is 29.2 Å². The predicted octanol–water partition coefficient (Wildman–Crippen LogP) is 3.70. The summed E-state index contributed by atoms with van der Waals surface area (Å²) in [7, 11) is -3.74. The molecule has 7 nitrogen and oxygen atoms in total. The average Bonchev–Trinajstić information content (AvgIpc) is 3.08. The van der Waals surface area contributed by atoms with Crippen molar-refractivity contribution in [1.29, 1.82) is 5.26 Å². The number of hydrogen-bond donors (Lipinski definition) is 2. The molecule has 0 unspecified atom stereocenters. The van der Waals surface area contributed by atoms with E-state index < -0.39 is 15.9 Å². The van der Waals surface area contributed by atoms with Crippen LogP contribution < -0.4 is 10.0 Å². The van der Waals surface area contributed by atoms with Gasteiger partial charge < -0.3 is 0 Å². The number of thiazole rings is 1. The monoisotopic (exact) mass is 444 g/mol. The molecule has 1 aromatic heterocycles. The molecular weight excluding hydrogens is 427 g/mol. The zero-order valence-electron chi connectivity index (χ0n) is 15.8. The lowest BCUT2D eigenvalue weighted by Crippen LogP contribution is -2.24. The van der Waals surface area contributed by atoms with Crippen molar-refractivity contribution in [2.24, 2.45) is 0 Å². The van der Waals surface area contributed by atoms with Crippen LogP contribution in [0.3, 0.4) is 0 Å². The maximum atomic E-state index is 13.1.